The highest BCUT2D eigenvalue weighted by Gasteiger charge is 2.53. The summed E-state index contributed by atoms with van der Waals surface area (Å²) in [4.78, 5) is 10.4. The SMILES string of the molecule is O=C(O)NCC[C@@]1(c2ccccc2)C[C@H]1CO. The first kappa shape index (κ1) is 11.9. The summed E-state index contributed by atoms with van der Waals surface area (Å²) < 4.78 is 0. The fourth-order valence-corrected chi connectivity index (χ4v) is 2.59. The number of aliphatic hydroxyl groups is 1. The van der Waals surface area contributed by atoms with E-state index in [1.54, 1.807) is 0 Å². The van der Waals surface area contributed by atoms with E-state index in [2.05, 4.69) is 17.4 Å². The second-order valence-corrected chi connectivity index (χ2v) is 4.59. The van der Waals surface area contributed by atoms with Crippen LogP contribution < -0.4 is 5.32 Å². The standard InChI is InChI=1S/C13H17NO3/c15-9-11-8-13(11,6-7-14-12(16)17)10-4-2-1-3-5-10/h1-5,11,14-15H,6-9H2,(H,16,17)/t11-,13-/m0/s1. The van der Waals surface area contributed by atoms with E-state index in [1.807, 2.05) is 18.2 Å². The first-order chi connectivity index (χ1) is 8.19. The lowest BCUT2D eigenvalue weighted by Gasteiger charge is -2.17. The van der Waals surface area contributed by atoms with Crippen molar-refractivity contribution < 1.29 is 15.0 Å². The van der Waals surface area contributed by atoms with E-state index in [0.29, 0.717) is 6.54 Å². The Labute approximate surface area is 100 Å². The van der Waals surface area contributed by atoms with Crippen molar-refractivity contribution in [3.05, 3.63) is 35.9 Å². The summed E-state index contributed by atoms with van der Waals surface area (Å²) in [7, 11) is 0. The number of amides is 1. The molecule has 2 atom stereocenters. The molecule has 0 bridgehead atoms. The molecule has 3 N–H and O–H groups in total. The van der Waals surface area contributed by atoms with Crippen LogP contribution >= 0.6 is 0 Å². The van der Waals surface area contributed by atoms with Gasteiger partial charge < -0.3 is 15.5 Å². The van der Waals surface area contributed by atoms with Crippen molar-refractivity contribution in [2.24, 2.45) is 5.92 Å². The fourth-order valence-electron chi connectivity index (χ4n) is 2.59. The summed E-state index contributed by atoms with van der Waals surface area (Å²) in [6.45, 7) is 0.600. The van der Waals surface area contributed by atoms with Gasteiger partial charge in [-0.1, -0.05) is 30.3 Å². The minimum atomic E-state index is -0.991. The lowest BCUT2D eigenvalue weighted by molar-refractivity contribution is 0.193. The van der Waals surface area contributed by atoms with Crippen LogP contribution in [0.5, 0.6) is 0 Å². The number of carboxylic acid groups (broad SMARTS) is 1. The first-order valence-corrected chi connectivity index (χ1v) is 5.82. The molecule has 1 aromatic carbocycles. The quantitative estimate of drug-likeness (QED) is 0.726. The molecular formula is C13H17NO3. The van der Waals surface area contributed by atoms with Gasteiger partial charge in [0.15, 0.2) is 0 Å². The third kappa shape index (κ3) is 2.42. The van der Waals surface area contributed by atoms with Crippen molar-refractivity contribution >= 4 is 6.09 Å². The van der Waals surface area contributed by atoms with Crippen LogP contribution in [0.2, 0.25) is 0 Å². The maximum absolute atomic E-state index is 10.4. The van der Waals surface area contributed by atoms with Crippen molar-refractivity contribution in [2.45, 2.75) is 18.3 Å². The summed E-state index contributed by atoms with van der Waals surface area (Å²) in [6, 6.07) is 10.0. The summed E-state index contributed by atoms with van der Waals surface area (Å²) in [5, 5.41) is 20.2. The second kappa shape index (κ2) is 4.75. The molecule has 0 aliphatic heterocycles. The molecule has 0 saturated heterocycles. The maximum atomic E-state index is 10.4. The molecule has 0 unspecified atom stereocenters. The van der Waals surface area contributed by atoms with Gasteiger partial charge in [0.1, 0.15) is 0 Å². The molecule has 0 radical (unpaired) electrons. The van der Waals surface area contributed by atoms with Gasteiger partial charge >= 0.3 is 6.09 Å². The zero-order chi connectivity index (χ0) is 12.3. The summed E-state index contributed by atoms with van der Waals surface area (Å²) >= 11 is 0. The van der Waals surface area contributed by atoms with Crippen LogP contribution in [-0.4, -0.2) is 29.5 Å². The Morgan fingerprint density at radius 2 is 2.12 bits per heavy atom. The number of nitrogens with one attached hydrogen (secondary N) is 1. The molecule has 2 rings (SSSR count). The highest BCUT2D eigenvalue weighted by Crippen LogP contribution is 2.56. The summed E-state index contributed by atoms with van der Waals surface area (Å²) in [5.41, 5.74) is 1.17. The summed E-state index contributed by atoms with van der Waals surface area (Å²) in [5.74, 6) is 0.264. The van der Waals surface area contributed by atoms with E-state index in [4.69, 9.17) is 5.11 Å². The average molecular weight is 235 g/mol. The highest BCUT2D eigenvalue weighted by molar-refractivity contribution is 5.64. The predicted octanol–water partition coefficient (Wildman–Crippen LogP) is 1.59. The molecule has 4 heteroatoms. The molecule has 1 fully saturated rings. The van der Waals surface area contributed by atoms with Crippen molar-refractivity contribution in [2.75, 3.05) is 13.2 Å². The molecule has 4 nitrogen and oxygen atoms in total. The van der Waals surface area contributed by atoms with Gasteiger partial charge in [-0.05, 0) is 24.3 Å². The average Bonchev–Trinajstić information content (AvgIpc) is 3.05. The highest BCUT2D eigenvalue weighted by atomic mass is 16.4. The maximum Gasteiger partial charge on any atom is 0.404 e. The largest absolute Gasteiger partial charge is 0.465 e. The van der Waals surface area contributed by atoms with Crippen LogP contribution in [-0.2, 0) is 5.41 Å². The molecule has 17 heavy (non-hydrogen) atoms. The van der Waals surface area contributed by atoms with Gasteiger partial charge in [-0.25, -0.2) is 4.79 Å². The Hall–Kier alpha value is -1.55. The summed E-state index contributed by atoms with van der Waals surface area (Å²) in [6.07, 6.45) is 0.693. The number of hydrogen-bond donors (Lipinski definition) is 3. The van der Waals surface area contributed by atoms with Crippen molar-refractivity contribution in [1.82, 2.24) is 5.32 Å². The topological polar surface area (TPSA) is 69.6 Å². The molecule has 1 aromatic rings. The lowest BCUT2D eigenvalue weighted by atomic mass is 9.90. The molecule has 92 valence electrons. The third-order valence-corrected chi connectivity index (χ3v) is 3.65. The third-order valence-electron chi connectivity index (χ3n) is 3.65. The Morgan fingerprint density at radius 1 is 1.41 bits per heavy atom. The molecule has 1 amide bonds. The number of rotatable bonds is 5. The Balaban J connectivity index is 2.05. The molecule has 0 spiro atoms. The normalized spacial score (nSPS) is 26.5. The van der Waals surface area contributed by atoms with Crippen LogP contribution in [0.1, 0.15) is 18.4 Å². The monoisotopic (exact) mass is 235 g/mol. The van der Waals surface area contributed by atoms with E-state index in [9.17, 15) is 9.90 Å². The van der Waals surface area contributed by atoms with Gasteiger partial charge in [0.25, 0.3) is 0 Å². The lowest BCUT2D eigenvalue weighted by Crippen LogP contribution is -2.26. The molecule has 1 saturated carbocycles. The minimum Gasteiger partial charge on any atom is -0.465 e. The van der Waals surface area contributed by atoms with Gasteiger partial charge in [0.2, 0.25) is 0 Å². The minimum absolute atomic E-state index is 0.0293. The van der Waals surface area contributed by atoms with Crippen LogP contribution in [0.25, 0.3) is 0 Å². The predicted molar refractivity (Wildman–Crippen MR) is 64.0 cm³/mol. The van der Waals surface area contributed by atoms with Crippen LogP contribution in [0, 0.1) is 5.92 Å². The van der Waals surface area contributed by atoms with Gasteiger partial charge in [-0.15, -0.1) is 0 Å². The molecule has 1 aliphatic rings. The Kier molecular flexibility index (Phi) is 3.33. The molecule has 1 aliphatic carbocycles. The number of carbonyl (C=O) groups is 1. The van der Waals surface area contributed by atoms with Crippen LogP contribution in [0.4, 0.5) is 4.79 Å². The van der Waals surface area contributed by atoms with Crippen molar-refractivity contribution in [3.63, 3.8) is 0 Å². The zero-order valence-corrected chi connectivity index (χ0v) is 9.60. The number of hydrogen-bond acceptors (Lipinski definition) is 2. The fraction of sp³-hybridized carbons (Fsp3) is 0.462. The molecule has 0 aromatic heterocycles. The van der Waals surface area contributed by atoms with Crippen molar-refractivity contribution in [3.8, 4) is 0 Å². The Bertz CT molecular complexity index is 393. The van der Waals surface area contributed by atoms with E-state index in [0.717, 1.165) is 12.8 Å². The number of benzene rings is 1. The zero-order valence-electron chi connectivity index (χ0n) is 9.60. The van der Waals surface area contributed by atoms with Crippen LogP contribution in [0.3, 0.4) is 0 Å². The molecule has 0 heterocycles. The van der Waals surface area contributed by atoms with Gasteiger partial charge in [-0.3, -0.25) is 0 Å². The van der Waals surface area contributed by atoms with E-state index in [1.165, 1.54) is 5.56 Å². The molecular weight excluding hydrogens is 218 g/mol. The second-order valence-electron chi connectivity index (χ2n) is 4.59. The smallest absolute Gasteiger partial charge is 0.404 e. The van der Waals surface area contributed by atoms with E-state index in [-0.39, 0.29) is 17.9 Å². The number of aliphatic hydroxyl groups excluding tert-OH is 1. The van der Waals surface area contributed by atoms with Crippen LogP contribution in [0.15, 0.2) is 30.3 Å². The first-order valence-electron chi connectivity index (χ1n) is 5.82. The van der Waals surface area contributed by atoms with E-state index < -0.39 is 6.09 Å². The Morgan fingerprint density at radius 3 is 2.65 bits per heavy atom. The van der Waals surface area contributed by atoms with Gasteiger partial charge in [0.05, 0.1) is 0 Å². The van der Waals surface area contributed by atoms with Gasteiger partial charge in [-0.2, -0.15) is 0 Å². The van der Waals surface area contributed by atoms with Gasteiger partial charge in [0, 0.05) is 18.6 Å². The van der Waals surface area contributed by atoms with Crippen molar-refractivity contribution in [1.29, 1.82) is 0 Å². The van der Waals surface area contributed by atoms with E-state index >= 15 is 0 Å².